The molecule has 0 spiro atoms. The lowest BCUT2D eigenvalue weighted by Crippen LogP contribution is -2.46. The molecular formula is C8H18N3+. The monoisotopic (exact) mass is 156 g/mol. The zero-order valence-electron chi connectivity index (χ0n) is 7.75. The van der Waals surface area contributed by atoms with Crippen LogP contribution in [0.4, 0.5) is 0 Å². The molecule has 0 atom stereocenters. The lowest BCUT2D eigenvalue weighted by molar-refractivity contribution is -0.552. The highest BCUT2D eigenvalue weighted by Crippen LogP contribution is 1.95. The molecule has 1 heterocycles. The highest BCUT2D eigenvalue weighted by atomic mass is 15.4. The summed E-state index contributed by atoms with van der Waals surface area (Å²) in [6.45, 7) is 8.69. The van der Waals surface area contributed by atoms with Crippen LogP contribution in [0.3, 0.4) is 0 Å². The molecule has 1 aliphatic heterocycles. The van der Waals surface area contributed by atoms with E-state index >= 15 is 0 Å². The van der Waals surface area contributed by atoms with Gasteiger partial charge in [0, 0.05) is 0 Å². The van der Waals surface area contributed by atoms with Crippen LogP contribution in [0.15, 0.2) is 0 Å². The summed E-state index contributed by atoms with van der Waals surface area (Å²) in [5.74, 6) is 0. The second-order valence-corrected chi connectivity index (χ2v) is 3.06. The van der Waals surface area contributed by atoms with Crippen LogP contribution in [0.25, 0.3) is 0 Å². The van der Waals surface area contributed by atoms with Gasteiger partial charge in [-0.15, -0.1) is 0 Å². The second kappa shape index (κ2) is 3.72. The van der Waals surface area contributed by atoms with E-state index in [1.54, 1.807) is 0 Å². The topological polar surface area (TPSA) is 9.49 Å². The van der Waals surface area contributed by atoms with Gasteiger partial charge < -0.3 is 0 Å². The highest BCUT2D eigenvalue weighted by Gasteiger charge is 2.16. The molecule has 0 bridgehead atoms. The van der Waals surface area contributed by atoms with Crippen molar-refractivity contribution >= 4 is 6.34 Å². The minimum Gasteiger partial charge on any atom is -0.255 e. The molecule has 0 aromatic heterocycles. The Kier molecular flexibility index (Phi) is 2.88. The summed E-state index contributed by atoms with van der Waals surface area (Å²) in [4.78, 5) is 4.62. The van der Waals surface area contributed by atoms with Gasteiger partial charge >= 0.3 is 0 Å². The van der Waals surface area contributed by atoms with Crippen LogP contribution in [-0.2, 0) is 0 Å². The van der Waals surface area contributed by atoms with Gasteiger partial charge in [0.1, 0.15) is 13.3 Å². The molecule has 11 heavy (non-hydrogen) atoms. The van der Waals surface area contributed by atoms with E-state index in [0.717, 1.165) is 26.4 Å². The summed E-state index contributed by atoms with van der Waals surface area (Å²) in [6.07, 6.45) is 2.22. The van der Waals surface area contributed by atoms with E-state index in [2.05, 4.69) is 41.6 Å². The number of hydrogen-bond donors (Lipinski definition) is 0. The van der Waals surface area contributed by atoms with Gasteiger partial charge in [0.15, 0.2) is 0 Å². The van der Waals surface area contributed by atoms with Crippen molar-refractivity contribution in [2.24, 2.45) is 0 Å². The first-order chi connectivity index (χ1) is 5.26. The second-order valence-electron chi connectivity index (χ2n) is 3.06. The van der Waals surface area contributed by atoms with E-state index in [1.165, 1.54) is 0 Å². The Hall–Kier alpha value is -0.570. The normalized spacial score (nSPS) is 20.3. The van der Waals surface area contributed by atoms with Gasteiger partial charge in [-0.1, -0.05) is 0 Å². The minimum atomic E-state index is 1.06. The van der Waals surface area contributed by atoms with Gasteiger partial charge in [-0.2, -0.15) is 0 Å². The van der Waals surface area contributed by atoms with E-state index in [9.17, 15) is 0 Å². The van der Waals surface area contributed by atoms with Crippen molar-refractivity contribution in [3.63, 3.8) is 0 Å². The van der Waals surface area contributed by atoms with Crippen LogP contribution in [0, 0.1) is 0 Å². The van der Waals surface area contributed by atoms with E-state index in [-0.39, 0.29) is 0 Å². The smallest absolute Gasteiger partial charge is 0.236 e. The molecule has 3 nitrogen and oxygen atoms in total. The van der Waals surface area contributed by atoms with Gasteiger partial charge in [-0.05, 0) is 20.9 Å². The zero-order valence-corrected chi connectivity index (χ0v) is 7.75. The Morgan fingerprint density at radius 3 is 2.73 bits per heavy atom. The third-order valence-electron chi connectivity index (χ3n) is 1.99. The maximum Gasteiger partial charge on any atom is 0.236 e. The molecule has 0 fully saturated rings. The summed E-state index contributed by atoms with van der Waals surface area (Å²) in [5.41, 5.74) is 0. The first-order valence-corrected chi connectivity index (χ1v) is 4.28. The highest BCUT2D eigenvalue weighted by molar-refractivity contribution is 5.49. The van der Waals surface area contributed by atoms with Crippen LogP contribution in [-0.4, -0.2) is 54.2 Å². The number of nitrogens with zero attached hydrogens (tertiary/aromatic N) is 3. The summed E-state index contributed by atoms with van der Waals surface area (Å²) in [5, 5.41) is 0. The summed E-state index contributed by atoms with van der Waals surface area (Å²) in [7, 11) is 2.15. The van der Waals surface area contributed by atoms with Gasteiger partial charge in [-0.3, -0.25) is 9.48 Å². The van der Waals surface area contributed by atoms with Crippen molar-refractivity contribution in [3.05, 3.63) is 0 Å². The molecule has 0 aromatic carbocycles. The van der Waals surface area contributed by atoms with Crippen LogP contribution in [0.5, 0.6) is 0 Å². The fourth-order valence-corrected chi connectivity index (χ4v) is 1.33. The predicted octanol–water partition coefficient (Wildman–Crippen LogP) is 0.229. The Morgan fingerprint density at radius 1 is 1.45 bits per heavy atom. The maximum absolute atomic E-state index is 2.31. The third kappa shape index (κ3) is 2.19. The summed E-state index contributed by atoms with van der Waals surface area (Å²) in [6, 6.07) is 0. The molecular weight excluding hydrogens is 138 g/mol. The largest absolute Gasteiger partial charge is 0.255 e. The van der Waals surface area contributed by atoms with Gasteiger partial charge in [-0.25, -0.2) is 4.90 Å². The molecule has 1 aliphatic rings. The molecule has 3 heteroatoms. The molecule has 0 aliphatic carbocycles. The Labute approximate surface area is 68.9 Å². The summed E-state index contributed by atoms with van der Waals surface area (Å²) < 4.78 is 2.31. The van der Waals surface area contributed by atoms with E-state index in [4.69, 9.17) is 0 Å². The zero-order chi connectivity index (χ0) is 8.27. The third-order valence-corrected chi connectivity index (χ3v) is 1.99. The molecule has 1 rings (SSSR count). The number of rotatable bonds is 2. The average Bonchev–Trinajstić information content (AvgIpc) is 2.03. The molecule has 0 N–H and O–H groups in total. The van der Waals surface area contributed by atoms with E-state index < -0.39 is 0 Å². The van der Waals surface area contributed by atoms with Crippen molar-refractivity contribution in [3.8, 4) is 0 Å². The molecule has 0 amide bonds. The van der Waals surface area contributed by atoms with Crippen LogP contribution >= 0.6 is 0 Å². The standard InChI is InChI=1S/C8H18N3/c1-4-10-6-9(3)7-11(5-2)8-10/h8H,4-7H2,1-3H3/q+1. The van der Waals surface area contributed by atoms with Gasteiger partial charge in [0.25, 0.3) is 0 Å². The number of hydrogen-bond acceptors (Lipinski definition) is 2. The quantitative estimate of drug-likeness (QED) is 0.529. The Balaban J connectivity index is 2.57. The van der Waals surface area contributed by atoms with Crippen molar-refractivity contribution in [1.82, 2.24) is 9.80 Å². The summed E-state index contributed by atoms with van der Waals surface area (Å²) >= 11 is 0. The van der Waals surface area contributed by atoms with Gasteiger partial charge in [0.2, 0.25) is 6.34 Å². The van der Waals surface area contributed by atoms with Crippen LogP contribution in [0.1, 0.15) is 13.8 Å². The molecule has 0 radical (unpaired) electrons. The van der Waals surface area contributed by atoms with Crippen molar-refractivity contribution < 1.29 is 4.58 Å². The lowest BCUT2D eigenvalue weighted by atomic mass is 10.5. The molecule has 0 aromatic rings. The van der Waals surface area contributed by atoms with Crippen molar-refractivity contribution in [1.29, 1.82) is 0 Å². The van der Waals surface area contributed by atoms with Crippen LogP contribution < -0.4 is 0 Å². The first-order valence-electron chi connectivity index (χ1n) is 4.28. The Bertz CT molecular complexity index is 153. The van der Waals surface area contributed by atoms with E-state index in [1.807, 2.05) is 0 Å². The molecule has 0 saturated heterocycles. The van der Waals surface area contributed by atoms with Crippen molar-refractivity contribution in [2.75, 3.05) is 33.5 Å². The molecule has 0 saturated carbocycles. The molecule has 64 valence electrons. The lowest BCUT2D eigenvalue weighted by Gasteiger charge is -2.26. The van der Waals surface area contributed by atoms with E-state index in [0.29, 0.717) is 0 Å². The minimum absolute atomic E-state index is 1.06. The SMILES string of the molecule is CCN1C=[N+](CC)CN(C)C1. The predicted molar refractivity (Wildman–Crippen MR) is 46.7 cm³/mol. The Morgan fingerprint density at radius 2 is 2.18 bits per heavy atom. The molecule has 0 unspecified atom stereocenters. The maximum atomic E-state index is 2.31. The fourth-order valence-electron chi connectivity index (χ4n) is 1.33. The average molecular weight is 156 g/mol. The van der Waals surface area contributed by atoms with Gasteiger partial charge in [0.05, 0.1) is 13.1 Å². The van der Waals surface area contributed by atoms with Crippen molar-refractivity contribution in [2.45, 2.75) is 13.8 Å². The first kappa shape index (κ1) is 8.53. The van der Waals surface area contributed by atoms with Crippen LogP contribution in [0.2, 0.25) is 0 Å². The fraction of sp³-hybridized carbons (Fsp3) is 0.875.